The minimum Gasteiger partial charge on any atom is -0.491 e. The minimum absolute atomic E-state index is 0.0848. The number of nitrogens with one attached hydrogen (secondary N) is 1. The Morgan fingerprint density at radius 3 is 1.35 bits per heavy atom. The summed E-state index contributed by atoms with van der Waals surface area (Å²) in [4.78, 5) is 22.5. The van der Waals surface area contributed by atoms with Gasteiger partial charge in [-0.2, -0.15) is 0 Å². The Bertz CT molecular complexity index is 769. The zero-order valence-electron chi connectivity index (χ0n) is 24.4. The lowest BCUT2D eigenvalue weighted by molar-refractivity contribution is -0.160. The van der Waals surface area contributed by atoms with E-state index in [1.54, 1.807) is 24.3 Å². The summed E-state index contributed by atoms with van der Waals surface area (Å²) in [5.41, 5.74) is 0.217. The summed E-state index contributed by atoms with van der Waals surface area (Å²) in [5, 5.41) is 2.70. The number of ether oxygens (including phenoxy) is 9. The van der Waals surface area contributed by atoms with E-state index in [1.165, 1.54) is 6.92 Å². The lowest BCUT2D eigenvalue weighted by Crippen LogP contribution is -2.27. The van der Waals surface area contributed by atoms with Crippen LogP contribution in [0.25, 0.3) is 0 Å². The largest absolute Gasteiger partial charge is 0.491 e. The molecular weight excluding hydrogens is 526 g/mol. The van der Waals surface area contributed by atoms with Crippen LogP contribution < -0.4 is 10.1 Å². The van der Waals surface area contributed by atoms with Gasteiger partial charge in [-0.25, -0.2) is 4.79 Å². The van der Waals surface area contributed by atoms with E-state index in [0.29, 0.717) is 98.2 Å². The second kappa shape index (κ2) is 23.4. The van der Waals surface area contributed by atoms with Crippen molar-refractivity contribution in [1.29, 1.82) is 0 Å². The SMILES string of the molecule is CC(=O)Nc1ccc(OCCOCCOCCOCCOCCOCCOCCOCC(=O)OC(C)(C)C)cc1. The molecule has 0 radical (unpaired) electrons. The second-order valence-electron chi connectivity index (χ2n) is 9.37. The van der Waals surface area contributed by atoms with E-state index in [2.05, 4.69) is 5.32 Å². The maximum atomic E-state index is 11.5. The van der Waals surface area contributed by atoms with Crippen LogP contribution in [0.5, 0.6) is 5.75 Å². The molecule has 0 aliphatic heterocycles. The van der Waals surface area contributed by atoms with Crippen molar-refractivity contribution in [2.75, 3.05) is 104 Å². The summed E-state index contributed by atoms with van der Waals surface area (Å²) in [6.45, 7) is 13.1. The van der Waals surface area contributed by atoms with Crippen molar-refractivity contribution in [2.24, 2.45) is 0 Å². The first kappa shape index (κ1) is 35.7. The van der Waals surface area contributed by atoms with E-state index in [9.17, 15) is 9.59 Å². The summed E-state index contributed by atoms with van der Waals surface area (Å²) in [5.74, 6) is 0.213. The standard InChI is InChI=1S/C28H47NO11/c1-24(30)29-25-5-7-26(8-6-25)39-22-21-37-18-17-35-14-13-33-10-9-32-11-12-34-15-16-36-19-20-38-23-27(31)40-28(2,3)4/h5-8H,9-23H2,1-4H3,(H,29,30). The van der Waals surface area contributed by atoms with Gasteiger partial charge in [0.25, 0.3) is 0 Å². The van der Waals surface area contributed by atoms with Crippen LogP contribution in [0.15, 0.2) is 24.3 Å². The normalized spacial score (nSPS) is 11.4. The molecule has 12 nitrogen and oxygen atoms in total. The lowest BCUT2D eigenvalue weighted by atomic mass is 10.2. The number of rotatable bonds is 25. The maximum Gasteiger partial charge on any atom is 0.332 e. The summed E-state index contributed by atoms with van der Waals surface area (Å²) >= 11 is 0. The van der Waals surface area contributed by atoms with E-state index in [4.69, 9.17) is 42.6 Å². The molecule has 0 fully saturated rings. The molecule has 0 atom stereocenters. The fourth-order valence-electron chi connectivity index (χ4n) is 2.90. The van der Waals surface area contributed by atoms with Crippen molar-refractivity contribution < 1.29 is 52.2 Å². The monoisotopic (exact) mass is 573 g/mol. The predicted molar refractivity (Wildman–Crippen MR) is 148 cm³/mol. The number of amides is 1. The van der Waals surface area contributed by atoms with Crippen LogP contribution in [0.4, 0.5) is 5.69 Å². The third-order valence-electron chi connectivity index (χ3n) is 4.54. The average molecular weight is 574 g/mol. The third-order valence-corrected chi connectivity index (χ3v) is 4.54. The van der Waals surface area contributed by atoms with E-state index in [-0.39, 0.29) is 18.5 Å². The molecule has 0 aliphatic carbocycles. The Morgan fingerprint density at radius 2 is 0.975 bits per heavy atom. The van der Waals surface area contributed by atoms with Crippen LogP contribution in [0, 0.1) is 0 Å². The van der Waals surface area contributed by atoms with Gasteiger partial charge in [-0.15, -0.1) is 0 Å². The van der Waals surface area contributed by atoms with E-state index < -0.39 is 5.60 Å². The average Bonchev–Trinajstić information content (AvgIpc) is 2.88. The number of hydrogen-bond donors (Lipinski definition) is 1. The molecule has 0 bridgehead atoms. The molecule has 1 aromatic rings. The number of anilines is 1. The molecule has 0 heterocycles. The van der Waals surface area contributed by atoms with Crippen molar-refractivity contribution in [3.8, 4) is 5.75 Å². The zero-order valence-corrected chi connectivity index (χ0v) is 24.4. The van der Waals surface area contributed by atoms with Gasteiger partial charge in [-0.1, -0.05) is 0 Å². The Kier molecular flexibility index (Phi) is 20.9. The quantitative estimate of drug-likeness (QED) is 0.137. The van der Waals surface area contributed by atoms with Crippen LogP contribution in [-0.4, -0.2) is 117 Å². The molecule has 0 aliphatic rings. The van der Waals surface area contributed by atoms with Gasteiger partial charge in [0.05, 0.1) is 85.9 Å². The van der Waals surface area contributed by atoms with Gasteiger partial charge < -0.3 is 47.9 Å². The number of hydrogen-bond acceptors (Lipinski definition) is 11. The highest BCUT2D eigenvalue weighted by Gasteiger charge is 2.15. The van der Waals surface area contributed by atoms with Gasteiger partial charge in [0.15, 0.2) is 0 Å². The predicted octanol–water partition coefficient (Wildman–Crippen LogP) is 2.48. The summed E-state index contributed by atoms with van der Waals surface area (Å²) in [7, 11) is 0. The Balaban J connectivity index is 1.73. The summed E-state index contributed by atoms with van der Waals surface area (Å²) in [6, 6.07) is 7.16. The van der Waals surface area contributed by atoms with E-state index in [0.717, 1.165) is 5.69 Å². The van der Waals surface area contributed by atoms with Gasteiger partial charge in [-0.3, -0.25) is 4.79 Å². The second-order valence-corrected chi connectivity index (χ2v) is 9.37. The fraction of sp³-hybridized carbons (Fsp3) is 0.714. The number of esters is 1. The summed E-state index contributed by atoms with van der Waals surface area (Å²) in [6.07, 6.45) is 0. The van der Waals surface area contributed by atoms with Crippen molar-refractivity contribution in [1.82, 2.24) is 0 Å². The smallest absolute Gasteiger partial charge is 0.332 e. The fourth-order valence-corrected chi connectivity index (χ4v) is 2.90. The van der Waals surface area contributed by atoms with Crippen molar-refractivity contribution >= 4 is 17.6 Å². The van der Waals surface area contributed by atoms with E-state index in [1.807, 2.05) is 20.8 Å². The Morgan fingerprint density at radius 1 is 0.600 bits per heavy atom. The zero-order chi connectivity index (χ0) is 29.3. The number of carbonyl (C=O) groups excluding carboxylic acids is 2. The third kappa shape index (κ3) is 23.6. The lowest BCUT2D eigenvalue weighted by Gasteiger charge is -2.19. The number of carbonyl (C=O) groups is 2. The van der Waals surface area contributed by atoms with Crippen molar-refractivity contribution in [2.45, 2.75) is 33.3 Å². The Hall–Kier alpha value is -2.32. The van der Waals surface area contributed by atoms with Crippen LogP contribution in [0.1, 0.15) is 27.7 Å². The highest BCUT2D eigenvalue weighted by Crippen LogP contribution is 2.15. The molecule has 0 saturated heterocycles. The summed E-state index contributed by atoms with van der Waals surface area (Å²) < 4.78 is 48.5. The molecule has 0 unspecified atom stereocenters. The first-order chi connectivity index (χ1) is 19.3. The van der Waals surface area contributed by atoms with E-state index >= 15 is 0 Å². The first-order valence-corrected chi connectivity index (χ1v) is 13.5. The van der Waals surface area contributed by atoms with Gasteiger partial charge in [0, 0.05) is 12.6 Å². The molecule has 0 saturated carbocycles. The first-order valence-electron chi connectivity index (χ1n) is 13.5. The highest BCUT2D eigenvalue weighted by atomic mass is 16.6. The molecule has 1 amide bonds. The van der Waals surface area contributed by atoms with Crippen LogP contribution in [0.2, 0.25) is 0 Å². The molecule has 12 heteroatoms. The molecule has 40 heavy (non-hydrogen) atoms. The van der Waals surface area contributed by atoms with Gasteiger partial charge >= 0.3 is 5.97 Å². The van der Waals surface area contributed by atoms with Crippen LogP contribution >= 0.6 is 0 Å². The van der Waals surface area contributed by atoms with Gasteiger partial charge in [0.2, 0.25) is 5.91 Å². The topological polar surface area (TPSA) is 129 Å². The van der Waals surface area contributed by atoms with Crippen LogP contribution in [-0.2, 0) is 47.5 Å². The molecular formula is C28H47NO11. The Labute approximate surface area is 237 Å². The molecule has 1 aromatic carbocycles. The van der Waals surface area contributed by atoms with Crippen molar-refractivity contribution in [3.63, 3.8) is 0 Å². The molecule has 0 aromatic heterocycles. The molecule has 0 spiro atoms. The minimum atomic E-state index is -0.511. The molecule has 1 rings (SSSR count). The highest BCUT2D eigenvalue weighted by molar-refractivity contribution is 5.88. The maximum absolute atomic E-state index is 11.5. The van der Waals surface area contributed by atoms with Gasteiger partial charge in [-0.05, 0) is 45.0 Å². The van der Waals surface area contributed by atoms with Crippen molar-refractivity contribution in [3.05, 3.63) is 24.3 Å². The van der Waals surface area contributed by atoms with Crippen LogP contribution in [0.3, 0.4) is 0 Å². The number of benzene rings is 1. The molecule has 1 N–H and O–H groups in total. The molecule has 230 valence electrons. The van der Waals surface area contributed by atoms with Gasteiger partial charge in [0.1, 0.15) is 24.6 Å².